The van der Waals surface area contributed by atoms with Crippen molar-refractivity contribution in [2.24, 2.45) is 0 Å². The first kappa shape index (κ1) is 35.6. The van der Waals surface area contributed by atoms with E-state index < -0.39 is 0 Å². The van der Waals surface area contributed by atoms with Crippen LogP contribution in [0.3, 0.4) is 0 Å². The minimum Gasteiger partial charge on any atom is -0.309 e. The number of benzene rings is 9. The van der Waals surface area contributed by atoms with Gasteiger partial charge in [-0.05, 0) is 99.3 Å². The molecule has 4 aromatic heterocycles. The normalized spacial score (nSPS) is 11.8. The zero-order valence-electron chi connectivity index (χ0n) is 34.0. The van der Waals surface area contributed by atoms with Crippen molar-refractivity contribution >= 4 is 75.9 Å². The Bertz CT molecular complexity index is 3890. The van der Waals surface area contributed by atoms with Gasteiger partial charge in [0, 0.05) is 37.7 Å². The monoisotopic (exact) mass is 820 g/mol. The molecule has 0 N–H and O–H groups in total. The van der Waals surface area contributed by atoms with Crippen molar-refractivity contribution in [2.75, 3.05) is 0 Å². The van der Waals surface area contributed by atoms with E-state index in [2.05, 4.69) is 228 Å². The van der Waals surface area contributed by atoms with E-state index in [-0.39, 0.29) is 0 Å². The summed E-state index contributed by atoms with van der Waals surface area (Å²) >= 11 is 1.75. The second-order valence-corrected chi connectivity index (χ2v) is 17.2. The SMILES string of the molecule is c1ccc(-c2ccc3c(c2)c2cc(-c4ccc5c(c4)c4c6ccccc6ccc4n5-c4nc(-c5ccccc5)c5sc(-c6ccccc6)cc5n4)ccc2n3-c2ccccc2)cc1. The molecule has 0 radical (unpaired) electrons. The molecular formula is C58H36N4S. The first-order valence-electron chi connectivity index (χ1n) is 21.3. The third kappa shape index (κ3) is 5.74. The van der Waals surface area contributed by atoms with Crippen molar-refractivity contribution in [3.05, 3.63) is 218 Å². The molecule has 13 aromatic rings. The van der Waals surface area contributed by atoms with Gasteiger partial charge in [0.2, 0.25) is 5.95 Å². The van der Waals surface area contributed by atoms with E-state index in [1.807, 2.05) is 0 Å². The topological polar surface area (TPSA) is 35.6 Å². The minimum absolute atomic E-state index is 0.658. The van der Waals surface area contributed by atoms with E-state index in [0.717, 1.165) is 49.1 Å². The van der Waals surface area contributed by atoms with E-state index in [4.69, 9.17) is 9.97 Å². The first-order valence-corrected chi connectivity index (χ1v) is 22.1. The minimum atomic E-state index is 0.658. The number of fused-ring (bicyclic) bond motifs is 9. The van der Waals surface area contributed by atoms with Crippen LogP contribution < -0.4 is 0 Å². The Labute approximate surface area is 367 Å². The maximum atomic E-state index is 5.46. The molecule has 0 saturated heterocycles. The summed E-state index contributed by atoms with van der Waals surface area (Å²) in [5.74, 6) is 0.658. The Hall–Kier alpha value is -8.12. The van der Waals surface area contributed by atoms with Crippen LogP contribution in [0.4, 0.5) is 0 Å². The van der Waals surface area contributed by atoms with Crippen LogP contribution in [0.5, 0.6) is 0 Å². The first-order chi connectivity index (χ1) is 31.2. The average molecular weight is 821 g/mol. The van der Waals surface area contributed by atoms with Crippen LogP contribution in [0.15, 0.2) is 218 Å². The zero-order chi connectivity index (χ0) is 41.4. The van der Waals surface area contributed by atoms with Crippen molar-refractivity contribution in [1.29, 1.82) is 0 Å². The zero-order valence-corrected chi connectivity index (χ0v) is 34.8. The van der Waals surface area contributed by atoms with Gasteiger partial charge < -0.3 is 4.57 Å². The van der Waals surface area contributed by atoms with Gasteiger partial charge in [0.05, 0.1) is 38.0 Å². The summed E-state index contributed by atoms with van der Waals surface area (Å²) in [6.45, 7) is 0. The highest BCUT2D eigenvalue weighted by atomic mass is 32.1. The van der Waals surface area contributed by atoms with Crippen LogP contribution in [0.2, 0.25) is 0 Å². The molecule has 9 aromatic carbocycles. The molecule has 0 saturated carbocycles. The summed E-state index contributed by atoms with van der Waals surface area (Å²) in [5.41, 5.74) is 14.5. The van der Waals surface area contributed by atoms with Gasteiger partial charge >= 0.3 is 0 Å². The lowest BCUT2D eigenvalue weighted by Gasteiger charge is -2.10. The number of nitrogens with zero attached hydrogens (tertiary/aromatic N) is 4. The largest absolute Gasteiger partial charge is 0.309 e. The highest BCUT2D eigenvalue weighted by Gasteiger charge is 2.22. The Morgan fingerprint density at radius 1 is 0.349 bits per heavy atom. The Kier molecular flexibility index (Phi) is 8.05. The molecular weight excluding hydrogens is 785 g/mol. The molecule has 0 bridgehead atoms. The van der Waals surface area contributed by atoms with Crippen molar-refractivity contribution in [1.82, 2.24) is 19.1 Å². The smallest absolute Gasteiger partial charge is 0.235 e. The fourth-order valence-corrected chi connectivity index (χ4v) is 10.7. The fraction of sp³-hybridized carbons (Fsp3) is 0. The molecule has 0 fully saturated rings. The van der Waals surface area contributed by atoms with Crippen LogP contribution in [-0.4, -0.2) is 19.1 Å². The predicted octanol–water partition coefficient (Wildman–Crippen LogP) is 15.7. The predicted molar refractivity (Wildman–Crippen MR) is 265 cm³/mol. The molecule has 13 rings (SSSR count). The summed E-state index contributed by atoms with van der Waals surface area (Å²) in [6, 6.07) is 78.6. The van der Waals surface area contributed by atoms with Gasteiger partial charge in [-0.25, -0.2) is 9.97 Å². The molecule has 0 atom stereocenters. The van der Waals surface area contributed by atoms with Crippen LogP contribution in [-0.2, 0) is 0 Å². The van der Waals surface area contributed by atoms with Gasteiger partial charge in [0.25, 0.3) is 0 Å². The standard InChI is InChI=1S/C58H36N4S/c1-5-15-37(16-6-1)41-26-29-50-46(33-41)47-34-42(27-30-51(47)61(50)44-22-11-4-12-23-44)43-28-31-52-48(35-43)55-45-24-14-13-17-38(45)25-32-53(55)62(52)58-59-49-36-54(39-18-7-2-8-19-39)63-57(49)56(60-58)40-20-9-3-10-21-40/h1-36H. The number of thiophene rings is 1. The van der Waals surface area contributed by atoms with Gasteiger partial charge in [-0.3, -0.25) is 4.57 Å². The summed E-state index contributed by atoms with van der Waals surface area (Å²) in [4.78, 5) is 12.0. The van der Waals surface area contributed by atoms with Crippen molar-refractivity contribution < 1.29 is 0 Å². The number of hydrogen-bond acceptors (Lipinski definition) is 3. The Morgan fingerprint density at radius 2 is 0.873 bits per heavy atom. The average Bonchev–Trinajstić information content (AvgIpc) is 4.04. The Morgan fingerprint density at radius 3 is 1.54 bits per heavy atom. The Balaban J connectivity index is 1.05. The van der Waals surface area contributed by atoms with Crippen LogP contribution in [0, 0.1) is 0 Å². The van der Waals surface area contributed by atoms with E-state index in [0.29, 0.717) is 5.95 Å². The molecule has 0 aliphatic rings. The molecule has 63 heavy (non-hydrogen) atoms. The summed E-state index contributed by atoms with van der Waals surface area (Å²) in [5, 5.41) is 7.21. The second-order valence-electron chi connectivity index (χ2n) is 16.2. The molecule has 0 spiro atoms. The van der Waals surface area contributed by atoms with E-state index in [9.17, 15) is 0 Å². The molecule has 0 aliphatic carbocycles. The van der Waals surface area contributed by atoms with Crippen molar-refractivity contribution in [3.8, 4) is 55.6 Å². The van der Waals surface area contributed by atoms with Crippen molar-refractivity contribution in [2.45, 2.75) is 0 Å². The molecule has 294 valence electrons. The molecule has 0 amide bonds. The summed E-state index contributed by atoms with van der Waals surface area (Å²) in [7, 11) is 0. The van der Waals surface area contributed by atoms with Gasteiger partial charge in [-0.1, -0.05) is 158 Å². The third-order valence-electron chi connectivity index (χ3n) is 12.5. The molecule has 5 heteroatoms. The van der Waals surface area contributed by atoms with Gasteiger partial charge in [-0.2, -0.15) is 0 Å². The third-order valence-corrected chi connectivity index (χ3v) is 13.7. The van der Waals surface area contributed by atoms with E-state index >= 15 is 0 Å². The van der Waals surface area contributed by atoms with Gasteiger partial charge in [0.1, 0.15) is 0 Å². The number of aromatic nitrogens is 4. The molecule has 0 aliphatic heterocycles. The van der Waals surface area contributed by atoms with Crippen LogP contribution in [0.25, 0.3) is 120 Å². The highest BCUT2D eigenvalue weighted by molar-refractivity contribution is 7.22. The maximum Gasteiger partial charge on any atom is 0.235 e. The molecule has 0 unspecified atom stereocenters. The van der Waals surface area contributed by atoms with Gasteiger partial charge in [0.15, 0.2) is 0 Å². The van der Waals surface area contributed by atoms with Gasteiger partial charge in [-0.15, -0.1) is 11.3 Å². The lowest BCUT2D eigenvalue weighted by atomic mass is 9.98. The summed E-state index contributed by atoms with van der Waals surface area (Å²) in [6.07, 6.45) is 0. The quantitative estimate of drug-likeness (QED) is 0.167. The van der Waals surface area contributed by atoms with Crippen molar-refractivity contribution in [3.63, 3.8) is 0 Å². The lowest BCUT2D eigenvalue weighted by Crippen LogP contribution is -2.02. The molecule has 4 nitrogen and oxygen atoms in total. The molecule has 4 heterocycles. The van der Waals surface area contributed by atoms with E-state index in [1.54, 1.807) is 11.3 Å². The lowest BCUT2D eigenvalue weighted by molar-refractivity contribution is 1.02. The number of para-hydroxylation sites is 1. The van der Waals surface area contributed by atoms with Crippen LogP contribution in [0.1, 0.15) is 0 Å². The van der Waals surface area contributed by atoms with Crippen LogP contribution >= 0.6 is 11.3 Å². The second kappa shape index (κ2) is 14.2. The maximum absolute atomic E-state index is 5.46. The fourth-order valence-electron chi connectivity index (χ4n) is 9.61. The number of hydrogen-bond donors (Lipinski definition) is 0. The number of rotatable bonds is 6. The summed E-state index contributed by atoms with van der Waals surface area (Å²) < 4.78 is 5.74. The highest BCUT2D eigenvalue weighted by Crippen LogP contribution is 2.43. The van der Waals surface area contributed by atoms with E-state index in [1.165, 1.54) is 65.1 Å².